The molecule has 1 fully saturated rings. The van der Waals surface area contributed by atoms with Gasteiger partial charge >= 0.3 is 5.97 Å². The molecular formula is C23H28N2O5. The van der Waals surface area contributed by atoms with Crippen molar-refractivity contribution in [2.45, 2.75) is 46.3 Å². The van der Waals surface area contributed by atoms with Gasteiger partial charge in [-0.15, -0.1) is 0 Å². The Kier molecular flexibility index (Phi) is 6.12. The SMILES string of the molecule is CC(n1cc(C(=O)O)c(=O)cc1/C=C1\C=CC=C(OC2CCOC2)C1=N)C(C)(C)C. The molecule has 0 saturated carbocycles. The van der Waals surface area contributed by atoms with Gasteiger partial charge in [0.05, 0.1) is 13.2 Å². The van der Waals surface area contributed by atoms with E-state index in [2.05, 4.69) is 0 Å². The minimum atomic E-state index is -1.25. The van der Waals surface area contributed by atoms with Crippen molar-refractivity contribution in [2.75, 3.05) is 13.2 Å². The lowest BCUT2D eigenvalue weighted by Crippen LogP contribution is -2.27. The van der Waals surface area contributed by atoms with Crippen molar-refractivity contribution in [3.05, 3.63) is 63.3 Å². The third-order valence-corrected chi connectivity index (χ3v) is 5.56. The number of hydrogen-bond acceptors (Lipinski definition) is 5. The fourth-order valence-electron chi connectivity index (χ4n) is 3.30. The monoisotopic (exact) mass is 412 g/mol. The number of nitrogens with one attached hydrogen (secondary N) is 1. The number of rotatable bonds is 5. The molecule has 3 rings (SSSR count). The number of hydrogen-bond donors (Lipinski definition) is 2. The Labute approximate surface area is 175 Å². The first-order valence-corrected chi connectivity index (χ1v) is 10.0. The number of ether oxygens (including phenoxy) is 2. The fraction of sp³-hybridized carbons (Fsp3) is 0.435. The predicted molar refractivity (Wildman–Crippen MR) is 115 cm³/mol. The van der Waals surface area contributed by atoms with Crippen LogP contribution in [0.1, 0.15) is 56.2 Å². The highest BCUT2D eigenvalue weighted by atomic mass is 16.5. The van der Waals surface area contributed by atoms with Gasteiger partial charge in [0.15, 0.2) is 5.43 Å². The first-order chi connectivity index (χ1) is 14.1. The molecule has 1 aliphatic carbocycles. The van der Waals surface area contributed by atoms with Gasteiger partial charge in [0.1, 0.15) is 23.1 Å². The number of allylic oxidation sites excluding steroid dienone is 4. The molecule has 30 heavy (non-hydrogen) atoms. The molecule has 1 aliphatic heterocycles. The Hall–Kier alpha value is -2.93. The Balaban J connectivity index is 2.01. The van der Waals surface area contributed by atoms with E-state index in [0.29, 0.717) is 30.2 Å². The summed E-state index contributed by atoms with van der Waals surface area (Å²) in [6.45, 7) is 9.29. The maximum Gasteiger partial charge on any atom is 0.341 e. The van der Waals surface area contributed by atoms with E-state index in [1.54, 1.807) is 28.9 Å². The second-order valence-corrected chi connectivity index (χ2v) is 8.70. The van der Waals surface area contributed by atoms with Gasteiger partial charge in [0.25, 0.3) is 0 Å². The summed E-state index contributed by atoms with van der Waals surface area (Å²) in [5.74, 6) is -0.795. The van der Waals surface area contributed by atoms with Crippen LogP contribution in [0.4, 0.5) is 0 Å². The molecule has 2 atom stereocenters. The maximum absolute atomic E-state index is 12.4. The van der Waals surface area contributed by atoms with E-state index < -0.39 is 11.4 Å². The molecular weight excluding hydrogens is 384 g/mol. The Morgan fingerprint density at radius 3 is 2.77 bits per heavy atom. The van der Waals surface area contributed by atoms with Crippen LogP contribution in [0.25, 0.3) is 6.08 Å². The van der Waals surface area contributed by atoms with E-state index in [0.717, 1.165) is 6.42 Å². The third-order valence-electron chi connectivity index (χ3n) is 5.56. The molecule has 1 saturated heterocycles. The molecule has 2 heterocycles. The van der Waals surface area contributed by atoms with E-state index in [-0.39, 0.29) is 28.8 Å². The number of carboxylic acid groups (broad SMARTS) is 1. The van der Waals surface area contributed by atoms with Gasteiger partial charge in [0.2, 0.25) is 0 Å². The molecule has 2 unspecified atom stereocenters. The van der Waals surface area contributed by atoms with Crippen LogP contribution in [0.2, 0.25) is 0 Å². The van der Waals surface area contributed by atoms with Crippen LogP contribution in [0.15, 0.2) is 46.6 Å². The number of nitrogens with zero attached hydrogens (tertiary/aromatic N) is 1. The summed E-state index contributed by atoms with van der Waals surface area (Å²) in [7, 11) is 0. The lowest BCUT2D eigenvalue weighted by molar-refractivity contribution is 0.0693. The van der Waals surface area contributed by atoms with Crippen LogP contribution in [0.3, 0.4) is 0 Å². The van der Waals surface area contributed by atoms with Gasteiger partial charge in [-0.25, -0.2) is 4.79 Å². The lowest BCUT2D eigenvalue weighted by Gasteiger charge is -2.31. The van der Waals surface area contributed by atoms with E-state index in [9.17, 15) is 14.7 Å². The number of carboxylic acids is 1. The van der Waals surface area contributed by atoms with E-state index in [1.807, 2.05) is 27.7 Å². The standard InChI is InChI=1S/C23H28N2O5/c1-14(23(2,3)4)25-12-18(22(27)28)19(26)11-16(25)10-15-6-5-7-20(21(15)24)30-17-8-9-29-13-17/h5-7,10-12,14,17,24H,8-9,13H2,1-4H3,(H,27,28)/b15-10+,24-21?. The first kappa shape index (κ1) is 21.8. The summed E-state index contributed by atoms with van der Waals surface area (Å²) in [6.07, 6.45) is 9.17. The van der Waals surface area contributed by atoms with E-state index in [4.69, 9.17) is 14.9 Å². The molecule has 0 bridgehead atoms. The van der Waals surface area contributed by atoms with Crippen LogP contribution >= 0.6 is 0 Å². The van der Waals surface area contributed by atoms with Gasteiger partial charge in [-0.05, 0) is 24.5 Å². The van der Waals surface area contributed by atoms with Gasteiger partial charge in [-0.1, -0.05) is 32.9 Å². The van der Waals surface area contributed by atoms with Crippen molar-refractivity contribution in [1.29, 1.82) is 5.41 Å². The molecule has 160 valence electrons. The normalized spacial score (nSPS) is 21.6. The zero-order chi connectivity index (χ0) is 22.1. The fourth-order valence-corrected chi connectivity index (χ4v) is 3.30. The maximum atomic E-state index is 12.4. The summed E-state index contributed by atoms with van der Waals surface area (Å²) in [6, 6.07) is 1.23. The number of carbonyl (C=O) groups is 1. The summed E-state index contributed by atoms with van der Waals surface area (Å²) in [5, 5.41) is 17.9. The highest BCUT2D eigenvalue weighted by Gasteiger charge is 2.26. The summed E-state index contributed by atoms with van der Waals surface area (Å²) in [5.41, 5.74) is 0.339. The van der Waals surface area contributed by atoms with Gasteiger partial charge < -0.3 is 19.1 Å². The molecule has 1 aromatic heterocycles. The Morgan fingerprint density at radius 2 is 2.17 bits per heavy atom. The lowest BCUT2D eigenvalue weighted by atomic mass is 9.87. The smallest absolute Gasteiger partial charge is 0.341 e. The van der Waals surface area contributed by atoms with Crippen LogP contribution in [-0.2, 0) is 9.47 Å². The van der Waals surface area contributed by atoms with Gasteiger partial charge in [0, 0.05) is 36.0 Å². The van der Waals surface area contributed by atoms with Crippen LogP contribution in [-0.4, -0.2) is 40.7 Å². The number of aromatic carboxylic acids is 1. The van der Waals surface area contributed by atoms with Crippen molar-refractivity contribution < 1.29 is 19.4 Å². The molecule has 0 radical (unpaired) electrons. The molecule has 7 nitrogen and oxygen atoms in total. The molecule has 2 aliphatic rings. The van der Waals surface area contributed by atoms with Crippen molar-refractivity contribution in [3.8, 4) is 0 Å². The minimum Gasteiger partial charge on any atom is -0.486 e. The van der Waals surface area contributed by atoms with E-state index >= 15 is 0 Å². The van der Waals surface area contributed by atoms with Crippen LogP contribution < -0.4 is 5.43 Å². The molecule has 2 N–H and O–H groups in total. The zero-order valence-corrected chi connectivity index (χ0v) is 17.8. The van der Waals surface area contributed by atoms with Crippen molar-refractivity contribution in [1.82, 2.24) is 4.57 Å². The molecule has 0 amide bonds. The average molecular weight is 412 g/mol. The molecule has 7 heteroatoms. The van der Waals surface area contributed by atoms with Crippen molar-refractivity contribution in [2.24, 2.45) is 5.41 Å². The Morgan fingerprint density at radius 1 is 1.43 bits per heavy atom. The highest BCUT2D eigenvalue weighted by Crippen LogP contribution is 2.32. The van der Waals surface area contributed by atoms with Gasteiger partial charge in [-0.3, -0.25) is 10.2 Å². The highest BCUT2D eigenvalue weighted by molar-refractivity contribution is 6.14. The second-order valence-electron chi connectivity index (χ2n) is 8.70. The molecule has 1 aromatic rings. The minimum absolute atomic E-state index is 0.0710. The topological polar surface area (TPSA) is 102 Å². The predicted octanol–water partition coefficient (Wildman–Crippen LogP) is 3.82. The Bertz CT molecular complexity index is 1000. The summed E-state index contributed by atoms with van der Waals surface area (Å²) >= 11 is 0. The quantitative estimate of drug-likeness (QED) is 0.766. The number of aromatic nitrogens is 1. The second kappa shape index (κ2) is 8.44. The molecule has 0 spiro atoms. The first-order valence-electron chi connectivity index (χ1n) is 10.0. The summed E-state index contributed by atoms with van der Waals surface area (Å²) < 4.78 is 13.0. The third kappa shape index (κ3) is 4.62. The van der Waals surface area contributed by atoms with Crippen molar-refractivity contribution >= 4 is 17.8 Å². The van der Waals surface area contributed by atoms with Crippen molar-refractivity contribution in [3.63, 3.8) is 0 Å². The average Bonchev–Trinajstić information content (AvgIpc) is 3.16. The van der Waals surface area contributed by atoms with Crippen LogP contribution in [0.5, 0.6) is 0 Å². The van der Waals surface area contributed by atoms with E-state index in [1.165, 1.54) is 12.3 Å². The zero-order valence-electron chi connectivity index (χ0n) is 17.8. The number of pyridine rings is 1. The largest absolute Gasteiger partial charge is 0.486 e. The molecule has 0 aromatic carbocycles. The van der Waals surface area contributed by atoms with Gasteiger partial charge in [-0.2, -0.15) is 0 Å². The summed E-state index contributed by atoms with van der Waals surface area (Å²) in [4.78, 5) is 23.9. The van der Waals surface area contributed by atoms with Crippen LogP contribution in [0, 0.1) is 10.8 Å².